The second-order valence-electron chi connectivity index (χ2n) is 6.44. The van der Waals surface area contributed by atoms with Gasteiger partial charge in [0.1, 0.15) is 11.8 Å². The molecule has 24 heavy (non-hydrogen) atoms. The molecule has 0 radical (unpaired) electrons. The van der Waals surface area contributed by atoms with Crippen molar-refractivity contribution in [2.45, 2.75) is 32.7 Å². The zero-order chi connectivity index (χ0) is 17.9. The summed E-state index contributed by atoms with van der Waals surface area (Å²) < 4.78 is 31.0. The van der Waals surface area contributed by atoms with Crippen molar-refractivity contribution in [2.24, 2.45) is 5.92 Å². The molecule has 1 unspecified atom stereocenters. The Bertz CT molecular complexity index is 682. The highest BCUT2D eigenvalue weighted by Crippen LogP contribution is 2.26. The van der Waals surface area contributed by atoms with Gasteiger partial charge in [0.25, 0.3) is 0 Å². The molecule has 0 bridgehead atoms. The van der Waals surface area contributed by atoms with E-state index in [0.717, 1.165) is 19.1 Å². The van der Waals surface area contributed by atoms with Gasteiger partial charge in [-0.25, -0.2) is 8.42 Å². The third-order valence-corrected chi connectivity index (χ3v) is 5.71. The number of carbonyl (C=O) groups is 1. The summed E-state index contributed by atoms with van der Waals surface area (Å²) >= 11 is 0. The number of hydrogen-bond acceptors (Lipinski definition) is 4. The number of rotatable bonds is 5. The summed E-state index contributed by atoms with van der Waals surface area (Å²) in [7, 11) is -2.09. The number of anilines is 1. The van der Waals surface area contributed by atoms with E-state index in [1.165, 1.54) is 11.4 Å². The highest BCUT2D eigenvalue weighted by atomic mass is 32.2. The Morgan fingerprint density at radius 3 is 2.50 bits per heavy atom. The van der Waals surface area contributed by atoms with Crippen LogP contribution in [0.2, 0.25) is 0 Å². The molecule has 2 rings (SSSR count). The van der Waals surface area contributed by atoms with Crippen LogP contribution in [0.3, 0.4) is 0 Å². The van der Waals surface area contributed by atoms with Crippen molar-refractivity contribution in [2.75, 3.05) is 30.8 Å². The molecule has 0 saturated carbocycles. The van der Waals surface area contributed by atoms with Gasteiger partial charge in [-0.2, -0.15) is 0 Å². The molecule has 1 amide bonds. The van der Waals surface area contributed by atoms with Gasteiger partial charge in [-0.1, -0.05) is 13.0 Å². The van der Waals surface area contributed by atoms with E-state index in [0.29, 0.717) is 30.4 Å². The number of methoxy groups -OCH3 is 1. The van der Waals surface area contributed by atoms with E-state index in [1.807, 2.05) is 0 Å². The molecule has 1 heterocycles. The van der Waals surface area contributed by atoms with Crippen LogP contribution in [0.5, 0.6) is 5.75 Å². The second-order valence-corrected chi connectivity index (χ2v) is 8.30. The van der Waals surface area contributed by atoms with Crippen LogP contribution >= 0.6 is 0 Å². The predicted octanol–water partition coefficient (Wildman–Crippen LogP) is 2.11. The smallest absolute Gasteiger partial charge is 0.246 e. The third-order valence-electron chi connectivity index (χ3n) is 4.47. The minimum Gasteiger partial charge on any atom is -0.497 e. The summed E-state index contributed by atoms with van der Waals surface area (Å²) in [6, 6.07) is 5.96. The summed E-state index contributed by atoms with van der Waals surface area (Å²) in [5, 5.41) is 0. The van der Waals surface area contributed by atoms with Crippen LogP contribution in [0.1, 0.15) is 26.7 Å². The van der Waals surface area contributed by atoms with Crippen LogP contribution in [0.15, 0.2) is 24.3 Å². The van der Waals surface area contributed by atoms with E-state index in [9.17, 15) is 13.2 Å². The summed E-state index contributed by atoms with van der Waals surface area (Å²) in [6.07, 6.45) is 3.03. The lowest BCUT2D eigenvalue weighted by molar-refractivity contribution is -0.133. The van der Waals surface area contributed by atoms with E-state index >= 15 is 0 Å². The number of ether oxygens (including phenoxy) is 1. The normalized spacial score (nSPS) is 17.4. The molecule has 1 saturated heterocycles. The standard InChI is InChI=1S/C17H26N2O4S/c1-13-8-10-18(11-9-13)17(20)14(2)19(24(4,21)22)15-6-5-7-16(12-15)23-3/h5-7,12-14H,8-11H2,1-4H3. The second kappa shape index (κ2) is 7.42. The fourth-order valence-electron chi connectivity index (χ4n) is 3.04. The van der Waals surface area contributed by atoms with Gasteiger partial charge in [0.05, 0.1) is 19.1 Å². The van der Waals surface area contributed by atoms with Crippen LogP contribution in [-0.2, 0) is 14.8 Å². The maximum absolute atomic E-state index is 12.8. The lowest BCUT2D eigenvalue weighted by atomic mass is 9.99. The Morgan fingerprint density at radius 2 is 1.96 bits per heavy atom. The highest BCUT2D eigenvalue weighted by molar-refractivity contribution is 7.92. The van der Waals surface area contributed by atoms with Crippen LogP contribution in [-0.4, -0.2) is 51.7 Å². The monoisotopic (exact) mass is 354 g/mol. The molecule has 1 aromatic rings. The summed E-state index contributed by atoms with van der Waals surface area (Å²) in [5.74, 6) is 0.997. The quantitative estimate of drug-likeness (QED) is 0.812. The summed E-state index contributed by atoms with van der Waals surface area (Å²) in [4.78, 5) is 14.6. The zero-order valence-electron chi connectivity index (χ0n) is 14.7. The average Bonchev–Trinajstić information content (AvgIpc) is 2.54. The van der Waals surface area contributed by atoms with Crippen LogP contribution < -0.4 is 9.04 Å². The molecule has 134 valence electrons. The molecule has 1 fully saturated rings. The molecular formula is C17H26N2O4S. The molecule has 7 heteroatoms. The topological polar surface area (TPSA) is 66.9 Å². The fraction of sp³-hybridized carbons (Fsp3) is 0.588. The van der Waals surface area contributed by atoms with E-state index in [1.54, 1.807) is 36.1 Å². The lowest BCUT2D eigenvalue weighted by Crippen LogP contribution is -2.51. The van der Waals surface area contributed by atoms with Gasteiger partial charge in [-0.3, -0.25) is 9.10 Å². The van der Waals surface area contributed by atoms with Crippen molar-refractivity contribution in [3.8, 4) is 5.75 Å². The van der Waals surface area contributed by atoms with E-state index in [4.69, 9.17) is 4.74 Å². The molecule has 0 aliphatic carbocycles. The number of amides is 1. The molecule has 1 atom stereocenters. The van der Waals surface area contributed by atoms with Gasteiger partial charge < -0.3 is 9.64 Å². The first-order valence-corrected chi connectivity index (χ1v) is 10.0. The van der Waals surface area contributed by atoms with Crippen LogP contribution in [0.25, 0.3) is 0 Å². The Labute approximate surface area is 144 Å². The van der Waals surface area contributed by atoms with Crippen molar-refractivity contribution < 1.29 is 17.9 Å². The van der Waals surface area contributed by atoms with Crippen LogP contribution in [0.4, 0.5) is 5.69 Å². The number of sulfonamides is 1. The first kappa shape index (κ1) is 18.6. The van der Waals surface area contributed by atoms with Gasteiger partial charge in [-0.05, 0) is 37.8 Å². The molecule has 6 nitrogen and oxygen atoms in total. The summed E-state index contributed by atoms with van der Waals surface area (Å²) in [6.45, 7) is 5.17. The molecule has 1 aliphatic rings. The number of likely N-dealkylation sites (tertiary alicyclic amines) is 1. The Hall–Kier alpha value is -1.76. The molecule has 1 aromatic carbocycles. The first-order chi connectivity index (χ1) is 11.2. The number of hydrogen-bond donors (Lipinski definition) is 0. The molecule has 1 aliphatic heterocycles. The first-order valence-electron chi connectivity index (χ1n) is 8.16. The number of benzene rings is 1. The van der Waals surface area contributed by atoms with Gasteiger partial charge in [0.2, 0.25) is 15.9 Å². The van der Waals surface area contributed by atoms with Gasteiger partial charge in [-0.15, -0.1) is 0 Å². The highest BCUT2D eigenvalue weighted by Gasteiger charge is 2.33. The van der Waals surface area contributed by atoms with Crippen molar-refractivity contribution in [1.29, 1.82) is 0 Å². The maximum atomic E-state index is 12.8. The lowest BCUT2D eigenvalue weighted by Gasteiger charge is -2.36. The van der Waals surface area contributed by atoms with Crippen molar-refractivity contribution in [3.63, 3.8) is 0 Å². The molecule has 0 aromatic heterocycles. The van der Waals surface area contributed by atoms with Gasteiger partial charge in [0.15, 0.2) is 0 Å². The van der Waals surface area contributed by atoms with Gasteiger partial charge >= 0.3 is 0 Å². The summed E-state index contributed by atoms with van der Waals surface area (Å²) in [5.41, 5.74) is 0.433. The van der Waals surface area contributed by atoms with E-state index in [-0.39, 0.29) is 5.91 Å². The minimum absolute atomic E-state index is 0.157. The number of carbonyl (C=O) groups excluding carboxylic acids is 1. The molecule has 0 spiro atoms. The molecule has 0 N–H and O–H groups in total. The van der Waals surface area contributed by atoms with E-state index < -0.39 is 16.1 Å². The average molecular weight is 354 g/mol. The number of piperidine rings is 1. The van der Waals surface area contributed by atoms with Crippen molar-refractivity contribution >= 4 is 21.6 Å². The van der Waals surface area contributed by atoms with Gasteiger partial charge in [0, 0.05) is 19.2 Å². The minimum atomic E-state index is -3.61. The van der Waals surface area contributed by atoms with Crippen molar-refractivity contribution in [3.05, 3.63) is 24.3 Å². The third kappa shape index (κ3) is 4.20. The Balaban J connectivity index is 2.29. The predicted molar refractivity (Wildman–Crippen MR) is 94.8 cm³/mol. The Kier molecular flexibility index (Phi) is 5.74. The number of nitrogens with zero attached hydrogens (tertiary/aromatic N) is 2. The molecular weight excluding hydrogens is 328 g/mol. The fourth-order valence-corrected chi connectivity index (χ4v) is 4.20. The zero-order valence-corrected chi connectivity index (χ0v) is 15.5. The van der Waals surface area contributed by atoms with Crippen molar-refractivity contribution in [1.82, 2.24) is 4.90 Å². The maximum Gasteiger partial charge on any atom is 0.246 e. The largest absolute Gasteiger partial charge is 0.497 e. The SMILES string of the molecule is COc1cccc(N(C(C)C(=O)N2CCC(C)CC2)S(C)(=O)=O)c1. The van der Waals surface area contributed by atoms with Crippen LogP contribution in [0, 0.1) is 5.92 Å². The Morgan fingerprint density at radius 1 is 1.33 bits per heavy atom. The van der Waals surface area contributed by atoms with E-state index in [2.05, 4.69) is 6.92 Å².